The summed E-state index contributed by atoms with van der Waals surface area (Å²) < 4.78 is 40.6. The van der Waals surface area contributed by atoms with Gasteiger partial charge in [-0.2, -0.15) is 0 Å². The van der Waals surface area contributed by atoms with Crippen molar-refractivity contribution in [2.24, 2.45) is 0 Å². The van der Waals surface area contributed by atoms with E-state index in [2.05, 4.69) is 20.7 Å². The Labute approximate surface area is 128 Å². The lowest BCUT2D eigenvalue weighted by atomic mass is 10.3. The predicted molar refractivity (Wildman–Crippen MR) is 80.8 cm³/mol. The molecular formula is C12H9BrClFN2O2S. The van der Waals surface area contributed by atoms with Crippen molar-refractivity contribution in [1.82, 2.24) is 0 Å². The Kier molecular flexibility index (Phi) is 4.22. The summed E-state index contributed by atoms with van der Waals surface area (Å²) in [6, 6.07) is 8.17. The molecule has 4 nitrogen and oxygen atoms in total. The highest BCUT2D eigenvalue weighted by Crippen LogP contribution is 2.30. The zero-order valence-electron chi connectivity index (χ0n) is 9.90. The van der Waals surface area contributed by atoms with Crippen LogP contribution in [0.25, 0.3) is 0 Å². The largest absolute Gasteiger partial charge is 0.399 e. The van der Waals surface area contributed by atoms with Gasteiger partial charge in [0.2, 0.25) is 0 Å². The van der Waals surface area contributed by atoms with E-state index in [1.165, 1.54) is 24.3 Å². The lowest BCUT2D eigenvalue weighted by Crippen LogP contribution is -2.15. The van der Waals surface area contributed by atoms with Gasteiger partial charge in [0.15, 0.2) is 0 Å². The van der Waals surface area contributed by atoms with Gasteiger partial charge in [-0.05, 0) is 46.3 Å². The van der Waals surface area contributed by atoms with Gasteiger partial charge in [-0.1, -0.05) is 17.7 Å². The van der Waals surface area contributed by atoms with E-state index in [1.54, 1.807) is 6.07 Å². The van der Waals surface area contributed by atoms with Crippen LogP contribution in [0.3, 0.4) is 0 Å². The minimum absolute atomic E-state index is 0.0337. The molecule has 2 rings (SSSR count). The Morgan fingerprint density at radius 3 is 2.60 bits per heavy atom. The predicted octanol–water partition coefficient (Wildman–Crippen LogP) is 3.62. The molecule has 0 radical (unpaired) electrons. The van der Waals surface area contributed by atoms with Crippen molar-refractivity contribution in [3.8, 4) is 0 Å². The number of benzene rings is 2. The summed E-state index contributed by atoms with van der Waals surface area (Å²) >= 11 is 8.91. The standard InChI is InChI=1S/C12H9BrClFN2O2S/c13-8-5-4-7(16)6-11(8)20(18,19)17-12-9(14)2-1-3-10(12)15/h1-6,17H,16H2. The third-order valence-corrected chi connectivity index (χ3v) is 5.10. The Morgan fingerprint density at radius 2 is 1.95 bits per heavy atom. The molecule has 3 N–H and O–H groups in total. The van der Waals surface area contributed by atoms with Gasteiger partial charge < -0.3 is 5.73 Å². The first-order valence-electron chi connectivity index (χ1n) is 5.33. The number of nitrogens with one attached hydrogen (secondary N) is 1. The summed E-state index contributed by atoms with van der Waals surface area (Å²) in [5, 5.41) is -0.0337. The zero-order valence-corrected chi connectivity index (χ0v) is 13.1. The van der Waals surface area contributed by atoms with Crippen LogP contribution in [0.5, 0.6) is 0 Å². The second kappa shape index (κ2) is 5.59. The van der Waals surface area contributed by atoms with E-state index >= 15 is 0 Å². The van der Waals surface area contributed by atoms with E-state index < -0.39 is 15.8 Å². The van der Waals surface area contributed by atoms with Crippen LogP contribution in [-0.4, -0.2) is 8.42 Å². The molecule has 0 fully saturated rings. The van der Waals surface area contributed by atoms with Crippen LogP contribution in [0, 0.1) is 5.82 Å². The van der Waals surface area contributed by atoms with Gasteiger partial charge >= 0.3 is 0 Å². The third kappa shape index (κ3) is 3.05. The number of rotatable bonds is 3. The number of hydrogen-bond acceptors (Lipinski definition) is 3. The molecule has 2 aromatic carbocycles. The summed E-state index contributed by atoms with van der Waals surface area (Å²) in [7, 11) is -4.01. The molecule has 0 aliphatic rings. The van der Waals surface area contributed by atoms with Gasteiger partial charge in [-0.15, -0.1) is 0 Å². The summed E-state index contributed by atoms with van der Waals surface area (Å²) in [4.78, 5) is -0.100. The molecule has 2 aromatic rings. The minimum Gasteiger partial charge on any atom is -0.399 e. The number of anilines is 2. The van der Waals surface area contributed by atoms with Gasteiger partial charge in [0.1, 0.15) is 16.4 Å². The number of halogens is 3. The highest BCUT2D eigenvalue weighted by molar-refractivity contribution is 9.10. The molecule has 8 heteroatoms. The molecule has 0 unspecified atom stereocenters. The van der Waals surface area contributed by atoms with Crippen LogP contribution in [0.15, 0.2) is 45.8 Å². The SMILES string of the molecule is Nc1ccc(Br)c(S(=O)(=O)Nc2c(F)cccc2Cl)c1. The van der Waals surface area contributed by atoms with Crippen molar-refractivity contribution in [3.63, 3.8) is 0 Å². The molecular weight excluding hydrogens is 371 g/mol. The van der Waals surface area contributed by atoms with Crippen LogP contribution < -0.4 is 10.5 Å². The highest BCUT2D eigenvalue weighted by Gasteiger charge is 2.21. The number of hydrogen-bond donors (Lipinski definition) is 2. The van der Waals surface area contributed by atoms with E-state index in [4.69, 9.17) is 17.3 Å². The van der Waals surface area contributed by atoms with Crippen LogP contribution in [0.2, 0.25) is 5.02 Å². The lowest BCUT2D eigenvalue weighted by Gasteiger charge is -2.12. The zero-order chi connectivity index (χ0) is 14.9. The van der Waals surface area contributed by atoms with Crippen LogP contribution in [0.1, 0.15) is 0 Å². The van der Waals surface area contributed by atoms with Crippen LogP contribution in [-0.2, 0) is 10.0 Å². The Hall–Kier alpha value is -1.31. The number of nitrogen functional groups attached to an aromatic ring is 1. The van der Waals surface area contributed by atoms with Crippen molar-refractivity contribution in [2.75, 3.05) is 10.5 Å². The number of nitrogens with two attached hydrogens (primary N) is 1. The van der Waals surface area contributed by atoms with Gasteiger partial charge in [0.25, 0.3) is 10.0 Å². The van der Waals surface area contributed by atoms with Crippen LogP contribution in [0.4, 0.5) is 15.8 Å². The normalized spacial score (nSPS) is 11.3. The van der Waals surface area contributed by atoms with E-state index in [0.717, 1.165) is 6.07 Å². The first-order chi connectivity index (χ1) is 9.31. The molecule has 0 amide bonds. The Bertz CT molecular complexity index is 748. The molecule has 0 aliphatic heterocycles. The molecule has 0 saturated carbocycles. The van der Waals surface area contributed by atoms with Gasteiger partial charge in [-0.3, -0.25) is 4.72 Å². The monoisotopic (exact) mass is 378 g/mol. The van der Waals surface area contributed by atoms with Crippen molar-refractivity contribution in [2.45, 2.75) is 4.90 Å². The third-order valence-electron chi connectivity index (χ3n) is 2.44. The molecule has 0 heterocycles. The smallest absolute Gasteiger partial charge is 0.263 e. The van der Waals surface area contributed by atoms with E-state index in [0.29, 0.717) is 4.47 Å². The molecule has 20 heavy (non-hydrogen) atoms. The minimum atomic E-state index is -4.01. The van der Waals surface area contributed by atoms with Crippen molar-refractivity contribution in [1.29, 1.82) is 0 Å². The average Bonchev–Trinajstić information content (AvgIpc) is 2.37. The van der Waals surface area contributed by atoms with Crippen molar-refractivity contribution in [3.05, 3.63) is 51.7 Å². The molecule has 0 spiro atoms. The van der Waals surface area contributed by atoms with Gasteiger partial charge in [-0.25, -0.2) is 12.8 Å². The molecule has 106 valence electrons. The van der Waals surface area contributed by atoms with Crippen molar-refractivity contribution < 1.29 is 12.8 Å². The Morgan fingerprint density at radius 1 is 1.25 bits per heavy atom. The first-order valence-corrected chi connectivity index (χ1v) is 7.98. The maximum absolute atomic E-state index is 13.6. The topological polar surface area (TPSA) is 72.2 Å². The second-order valence-electron chi connectivity index (χ2n) is 3.89. The highest BCUT2D eigenvalue weighted by atomic mass is 79.9. The quantitative estimate of drug-likeness (QED) is 0.800. The maximum Gasteiger partial charge on any atom is 0.263 e. The summed E-state index contributed by atoms with van der Waals surface area (Å²) in [5.41, 5.74) is 5.53. The maximum atomic E-state index is 13.6. The molecule has 0 saturated heterocycles. The van der Waals surface area contributed by atoms with Gasteiger partial charge in [0.05, 0.1) is 5.02 Å². The number of sulfonamides is 1. The molecule has 0 atom stereocenters. The van der Waals surface area contributed by atoms with E-state index in [9.17, 15) is 12.8 Å². The lowest BCUT2D eigenvalue weighted by molar-refractivity contribution is 0.598. The second-order valence-corrected chi connectivity index (χ2v) is 6.80. The average molecular weight is 380 g/mol. The van der Waals surface area contributed by atoms with E-state index in [-0.39, 0.29) is 21.3 Å². The fourth-order valence-corrected chi connectivity index (χ4v) is 3.86. The fourth-order valence-electron chi connectivity index (χ4n) is 1.51. The fraction of sp³-hybridized carbons (Fsp3) is 0. The van der Waals surface area contributed by atoms with Crippen LogP contribution >= 0.6 is 27.5 Å². The first kappa shape index (κ1) is 15.1. The summed E-state index contributed by atoms with van der Waals surface area (Å²) in [5.74, 6) is -0.763. The van der Waals surface area contributed by atoms with E-state index in [1.807, 2.05) is 0 Å². The molecule has 0 bridgehead atoms. The summed E-state index contributed by atoms with van der Waals surface area (Å²) in [6.07, 6.45) is 0. The number of para-hydroxylation sites is 1. The van der Waals surface area contributed by atoms with Gasteiger partial charge in [0, 0.05) is 10.2 Å². The molecule has 0 aromatic heterocycles. The Balaban J connectivity index is 2.49. The van der Waals surface area contributed by atoms with Crippen molar-refractivity contribution >= 4 is 48.9 Å². The molecule has 0 aliphatic carbocycles. The summed E-state index contributed by atoms with van der Waals surface area (Å²) in [6.45, 7) is 0.